The van der Waals surface area contributed by atoms with E-state index in [0.717, 1.165) is 26.1 Å². The predicted octanol–water partition coefficient (Wildman–Crippen LogP) is -0.235. The summed E-state index contributed by atoms with van der Waals surface area (Å²) in [5.41, 5.74) is 0. The Hall–Kier alpha value is -0.160. The van der Waals surface area contributed by atoms with Gasteiger partial charge in [0, 0.05) is 19.8 Å². The molecule has 14 heavy (non-hydrogen) atoms. The Balaban J connectivity index is 2.46. The van der Waals surface area contributed by atoms with E-state index < -0.39 is 6.10 Å². The van der Waals surface area contributed by atoms with E-state index in [1.165, 1.54) is 0 Å². The molecule has 4 heteroatoms. The van der Waals surface area contributed by atoms with Crippen molar-refractivity contribution in [1.29, 1.82) is 0 Å². The lowest BCUT2D eigenvalue weighted by Crippen LogP contribution is -2.34. The summed E-state index contributed by atoms with van der Waals surface area (Å²) in [5.74, 6) is 0.381. The van der Waals surface area contributed by atoms with Crippen LogP contribution in [0.3, 0.4) is 0 Å². The van der Waals surface area contributed by atoms with Gasteiger partial charge in [0.25, 0.3) is 0 Å². The van der Waals surface area contributed by atoms with E-state index in [-0.39, 0.29) is 19.1 Å². The van der Waals surface area contributed by atoms with Crippen molar-refractivity contribution in [2.75, 3.05) is 26.4 Å². The van der Waals surface area contributed by atoms with Gasteiger partial charge in [0.2, 0.25) is 0 Å². The SMILES string of the molecule is OCCC(C(O)CO)C1CCOCC1. The maximum Gasteiger partial charge on any atom is 0.0802 e. The average Bonchev–Trinajstić information content (AvgIpc) is 2.26. The topological polar surface area (TPSA) is 69.9 Å². The number of hydrogen-bond acceptors (Lipinski definition) is 4. The molecule has 2 atom stereocenters. The Morgan fingerprint density at radius 1 is 1.21 bits per heavy atom. The fourth-order valence-corrected chi connectivity index (χ4v) is 2.17. The van der Waals surface area contributed by atoms with Crippen LogP contribution in [0.15, 0.2) is 0 Å². The molecule has 3 N–H and O–H groups in total. The van der Waals surface area contributed by atoms with Crippen LogP contribution in [0.1, 0.15) is 19.3 Å². The van der Waals surface area contributed by atoms with Crippen molar-refractivity contribution >= 4 is 0 Å². The summed E-state index contributed by atoms with van der Waals surface area (Å²) >= 11 is 0. The molecule has 1 heterocycles. The highest BCUT2D eigenvalue weighted by Gasteiger charge is 2.28. The largest absolute Gasteiger partial charge is 0.396 e. The van der Waals surface area contributed by atoms with Crippen molar-refractivity contribution < 1.29 is 20.1 Å². The smallest absolute Gasteiger partial charge is 0.0802 e. The van der Waals surface area contributed by atoms with E-state index in [2.05, 4.69) is 0 Å². The summed E-state index contributed by atoms with van der Waals surface area (Å²) in [7, 11) is 0. The minimum Gasteiger partial charge on any atom is -0.396 e. The van der Waals surface area contributed by atoms with Crippen LogP contribution in [-0.4, -0.2) is 47.9 Å². The fourth-order valence-electron chi connectivity index (χ4n) is 2.17. The summed E-state index contributed by atoms with van der Waals surface area (Å²) in [6, 6.07) is 0. The van der Waals surface area contributed by atoms with E-state index in [4.69, 9.17) is 14.9 Å². The molecular weight excluding hydrogens is 184 g/mol. The molecule has 1 aliphatic rings. The van der Waals surface area contributed by atoms with Crippen LogP contribution >= 0.6 is 0 Å². The van der Waals surface area contributed by atoms with Gasteiger partial charge in [0.05, 0.1) is 12.7 Å². The van der Waals surface area contributed by atoms with Crippen molar-refractivity contribution in [2.24, 2.45) is 11.8 Å². The third kappa shape index (κ3) is 3.20. The maximum absolute atomic E-state index is 9.60. The normalized spacial score (nSPS) is 23.4. The molecule has 0 spiro atoms. The number of hydrogen-bond donors (Lipinski definition) is 3. The Labute approximate surface area is 84.5 Å². The van der Waals surface area contributed by atoms with E-state index in [0.29, 0.717) is 12.3 Å². The second-order valence-electron chi connectivity index (χ2n) is 3.88. The van der Waals surface area contributed by atoms with Crippen LogP contribution in [-0.2, 0) is 4.74 Å². The van der Waals surface area contributed by atoms with Crippen LogP contribution < -0.4 is 0 Å². The first kappa shape index (κ1) is 11.9. The summed E-state index contributed by atoms with van der Waals surface area (Å²) in [4.78, 5) is 0. The van der Waals surface area contributed by atoms with E-state index in [1.54, 1.807) is 0 Å². The molecular formula is C10H20O4. The molecule has 1 fully saturated rings. The van der Waals surface area contributed by atoms with E-state index >= 15 is 0 Å². The highest BCUT2D eigenvalue weighted by molar-refractivity contribution is 4.78. The zero-order chi connectivity index (χ0) is 10.4. The first-order chi connectivity index (χ1) is 6.79. The molecule has 1 saturated heterocycles. The van der Waals surface area contributed by atoms with Gasteiger partial charge >= 0.3 is 0 Å². The summed E-state index contributed by atoms with van der Waals surface area (Å²) < 4.78 is 5.23. The molecule has 1 rings (SSSR count). The molecule has 0 aromatic carbocycles. The van der Waals surface area contributed by atoms with E-state index in [1.807, 2.05) is 0 Å². The lowest BCUT2D eigenvalue weighted by Gasteiger charge is -2.32. The molecule has 0 saturated carbocycles. The lowest BCUT2D eigenvalue weighted by atomic mass is 9.80. The minimum atomic E-state index is -0.703. The Kier molecular flexibility index (Phi) is 5.40. The number of aliphatic hydroxyl groups is 3. The summed E-state index contributed by atoms with van der Waals surface area (Å²) in [5, 5.41) is 27.4. The van der Waals surface area contributed by atoms with Crippen molar-refractivity contribution in [1.82, 2.24) is 0 Å². The van der Waals surface area contributed by atoms with Gasteiger partial charge in [-0.05, 0) is 31.1 Å². The van der Waals surface area contributed by atoms with Gasteiger partial charge in [0.1, 0.15) is 0 Å². The molecule has 0 bridgehead atoms. The number of aliphatic hydroxyl groups excluding tert-OH is 3. The third-order valence-electron chi connectivity index (χ3n) is 3.02. The van der Waals surface area contributed by atoms with Gasteiger partial charge in [0.15, 0.2) is 0 Å². The molecule has 84 valence electrons. The molecule has 4 nitrogen and oxygen atoms in total. The van der Waals surface area contributed by atoms with Crippen molar-refractivity contribution in [3.63, 3.8) is 0 Å². The third-order valence-corrected chi connectivity index (χ3v) is 3.02. The first-order valence-corrected chi connectivity index (χ1v) is 5.27. The van der Waals surface area contributed by atoms with Gasteiger partial charge in [-0.3, -0.25) is 0 Å². The Bertz CT molecular complexity index is 145. The number of ether oxygens (including phenoxy) is 1. The lowest BCUT2D eigenvalue weighted by molar-refractivity contribution is -0.0244. The monoisotopic (exact) mass is 204 g/mol. The van der Waals surface area contributed by atoms with Crippen molar-refractivity contribution in [3.8, 4) is 0 Å². The quantitative estimate of drug-likeness (QED) is 0.578. The Morgan fingerprint density at radius 3 is 2.36 bits per heavy atom. The Morgan fingerprint density at radius 2 is 1.86 bits per heavy atom. The zero-order valence-corrected chi connectivity index (χ0v) is 8.43. The van der Waals surface area contributed by atoms with Crippen LogP contribution in [0.2, 0.25) is 0 Å². The molecule has 0 amide bonds. The van der Waals surface area contributed by atoms with Crippen molar-refractivity contribution in [3.05, 3.63) is 0 Å². The number of rotatable bonds is 5. The highest BCUT2D eigenvalue weighted by atomic mass is 16.5. The molecule has 0 aromatic rings. The molecule has 0 radical (unpaired) electrons. The zero-order valence-electron chi connectivity index (χ0n) is 8.43. The molecule has 2 unspecified atom stereocenters. The van der Waals surface area contributed by atoms with Gasteiger partial charge in [-0.1, -0.05) is 0 Å². The van der Waals surface area contributed by atoms with Crippen LogP contribution in [0, 0.1) is 11.8 Å². The summed E-state index contributed by atoms with van der Waals surface area (Å²) in [6.07, 6.45) is 1.70. The second-order valence-corrected chi connectivity index (χ2v) is 3.88. The average molecular weight is 204 g/mol. The fraction of sp³-hybridized carbons (Fsp3) is 1.00. The minimum absolute atomic E-state index is 0.00824. The van der Waals surface area contributed by atoms with Gasteiger partial charge in [-0.15, -0.1) is 0 Å². The molecule has 0 aliphatic carbocycles. The standard InChI is InChI=1S/C10H20O4/c11-4-1-9(10(13)7-12)8-2-5-14-6-3-8/h8-13H,1-7H2. The first-order valence-electron chi connectivity index (χ1n) is 5.27. The maximum atomic E-state index is 9.60. The van der Waals surface area contributed by atoms with Gasteiger partial charge in [-0.2, -0.15) is 0 Å². The van der Waals surface area contributed by atoms with E-state index in [9.17, 15) is 5.11 Å². The van der Waals surface area contributed by atoms with Crippen LogP contribution in [0.4, 0.5) is 0 Å². The molecule has 0 aromatic heterocycles. The van der Waals surface area contributed by atoms with Gasteiger partial charge in [-0.25, -0.2) is 0 Å². The highest BCUT2D eigenvalue weighted by Crippen LogP contribution is 2.28. The molecule has 1 aliphatic heterocycles. The van der Waals surface area contributed by atoms with Crippen LogP contribution in [0.25, 0.3) is 0 Å². The second kappa shape index (κ2) is 6.35. The van der Waals surface area contributed by atoms with Crippen molar-refractivity contribution in [2.45, 2.75) is 25.4 Å². The van der Waals surface area contributed by atoms with Crippen LogP contribution in [0.5, 0.6) is 0 Å². The summed E-state index contributed by atoms with van der Waals surface area (Å²) in [6.45, 7) is 1.30. The van der Waals surface area contributed by atoms with Gasteiger partial charge < -0.3 is 20.1 Å². The predicted molar refractivity (Wildman–Crippen MR) is 51.8 cm³/mol.